The highest BCUT2D eigenvalue weighted by atomic mass is 32.2. The molecule has 2 N–H and O–H groups in total. The summed E-state index contributed by atoms with van der Waals surface area (Å²) in [4.78, 5) is -0.0196. The number of anilines is 1. The van der Waals surface area contributed by atoms with Crippen LogP contribution in [0.5, 0.6) is 5.75 Å². The zero-order valence-electron chi connectivity index (χ0n) is 9.34. The van der Waals surface area contributed by atoms with E-state index in [1.165, 1.54) is 25.6 Å². The minimum atomic E-state index is -3.76. The van der Waals surface area contributed by atoms with Crippen molar-refractivity contribution < 1.29 is 17.5 Å². The van der Waals surface area contributed by atoms with Crippen molar-refractivity contribution in [1.29, 1.82) is 0 Å². The molecule has 0 aliphatic carbocycles. The number of hydrogen-bond acceptors (Lipinski definition) is 4. The van der Waals surface area contributed by atoms with Crippen LogP contribution >= 0.6 is 0 Å². The van der Waals surface area contributed by atoms with Crippen LogP contribution in [0, 0.1) is 5.82 Å². The van der Waals surface area contributed by atoms with Crippen LogP contribution < -0.4 is 9.46 Å². The fourth-order valence-electron chi connectivity index (χ4n) is 1.34. The van der Waals surface area contributed by atoms with Gasteiger partial charge in [0.25, 0.3) is 10.0 Å². The van der Waals surface area contributed by atoms with Gasteiger partial charge in [-0.3, -0.25) is 9.82 Å². The Bertz CT molecular complexity index is 640. The normalized spacial score (nSPS) is 11.2. The molecule has 2 aromatic rings. The molecule has 2 rings (SSSR count). The molecule has 0 bridgehead atoms. The number of benzene rings is 1. The Labute approximate surface area is 103 Å². The number of rotatable bonds is 4. The largest absolute Gasteiger partial charge is 0.494 e. The maximum absolute atomic E-state index is 13.0. The third-order valence-electron chi connectivity index (χ3n) is 2.19. The van der Waals surface area contributed by atoms with Crippen LogP contribution in [-0.2, 0) is 10.0 Å². The number of aromatic nitrogens is 2. The molecular formula is C10H10FN3O3S. The van der Waals surface area contributed by atoms with Gasteiger partial charge in [-0.15, -0.1) is 0 Å². The third-order valence-corrected chi connectivity index (χ3v) is 3.52. The smallest absolute Gasteiger partial charge is 0.265 e. The quantitative estimate of drug-likeness (QED) is 0.879. The maximum atomic E-state index is 13.0. The first-order valence-corrected chi connectivity index (χ1v) is 6.36. The molecule has 8 heteroatoms. The third kappa shape index (κ3) is 2.43. The van der Waals surface area contributed by atoms with E-state index in [0.717, 1.165) is 12.1 Å². The summed E-state index contributed by atoms with van der Waals surface area (Å²) in [5.41, 5.74) is 0.153. The van der Waals surface area contributed by atoms with E-state index >= 15 is 0 Å². The number of nitrogens with one attached hydrogen (secondary N) is 2. The molecule has 18 heavy (non-hydrogen) atoms. The first-order valence-electron chi connectivity index (χ1n) is 4.88. The van der Waals surface area contributed by atoms with E-state index in [-0.39, 0.29) is 16.3 Å². The van der Waals surface area contributed by atoms with Crippen molar-refractivity contribution in [2.45, 2.75) is 4.90 Å². The molecule has 1 heterocycles. The van der Waals surface area contributed by atoms with Crippen molar-refractivity contribution in [3.63, 3.8) is 0 Å². The molecule has 0 spiro atoms. The number of halogens is 1. The van der Waals surface area contributed by atoms with Gasteiger partial charge in [0.05, 0.1) is 19.0 Å². The van der Waals surface area contributed by atoms with Crippen molar-refractivity contribution in [2.75, 3.05) is 11.8 Å². The predicted molar refractivity (Wildman–Crippen MR) is 62.3 cm³/mol. The van der Waals surface area contributed by atoms with Gasteiger partial charge < -0.3 is 4.74 Å². The minimum Gasteiger partial charge on any atom is -0.494 e. The Kier molecular flexibility index (Phi) is 3.19. The average Bonchev–Trinajstić information content (AvgIpc) is 2.85. The van der Waals surface area contributed by atoms with E-state index < -0.39 is 15.8 Å². The van der Waals surface area contributed by atoms with Crippen LogP contribution in [0.15, 0.2) is 35.5 Å². The van der Waals surface area contributed by atoms with E-state index in [1.807, 2.05) is 0 Å². The Morgan fingerprint density at radius 3 is 2.83 bits per heavy atom. The second kappa shape index (κ2) is 4.65. The average molecular weight is 271 g/mol. The van der Waals surface area contributed by atoms with Gasteiger partial charge in [0, 0.05) is 12.3 Å². The topological polar surface area (TPSA) is 84.1 Å². The summed E-state index contributed by atoms with van der Waals surface area (Å²) in [7, 11) is -2.44. The Hall–Kier alpha value is -2.09. The van der Waals surface area contributed by atoms with Crippen molar-refractivity contribution in [3.8, 4) is 5.75 Å². The van der Waals surface area contributed by atoms with Gasteiger partial charge in [0.1, 0.15) is 16.5 Å². The van der Waals surface area contributed by atoms with Crippen molar-refractivity contribution >= 4 is 15.7 Å². The molecule has 0 fully saturated rings. The molecule has 6 nitrogen and oxygen atoms in total. The fraction of sp³-hybridized carbons (Fsp3) is 0.100. The highest BCUT2D eigenvalue weighted by molar-refractivity contribution is 7.92. The van der Waals surface area contributed by atoms with Gasteiger partial charge in [-0.1, -0.05) is 0 Å². The molecule has 0 radical (unpaired) electrons. The molecule has 0 atom stereocenters. The minimum absolute atomic E-state index is 0.0196. The molecule has 0 aliphatic heterocycles. The lowest BCUT2D eigenvalue weighted by Gasteiger charge is -2.10. The van der Waals surface area contributed by atoms with Gasteiger partial charge in [0.15, 0.2) is 0 Å². The molecule has 0 unspecified atom stereocenters. The van der Waals surface area contributed by atoms with Crippen LogP contribution in [0.3, 0.4) is 0 Å². The maximum Gasteiger partial charge on any atom is 0.265 e. The van der Waals surface area contributed by atoms with Crippen LogP contribution in [0.4, 0.5) is 10.1 Å². The number of ether oxygens (including phenoxy) is 1. The molecule has 1 aromatic carbocycles. The lowest BCUT2D eigenvalue weighted by atomic mass is 10.3. The molecule has 0 saturated heterocycles. The Balaban J connectivity index is 2.35. The van der Waals surface area contributed by atoms with Crippen LogP contribution in [0.1, 0.15) is 0 Å². The zero-order valence-corrected chi connectivity index (χ0v) is 10.2. The number of aromatic amines is 1. The van der Waals surface area contributed by atoms with Crippen LogP contribution in [-0.4, -0.2) is 25.7 Å². The molecule has 1 aromatic heterocycles. The number of nitrogens with zero attached hydrogens (tertiary/aromatic N) is 1. The van der Waals surface area contributed by atoms with Gasteiger partial charge >= 0.3 is 0 Å². The molecule has 0 amide bonds. The first-order chi connectivity index (χ1) is 8.53. The summed E-state index contributed by atoms with van der Waals surface area (Å²) in [6.07, 6.45) is 2.40. The second-order valence-corrected chi connectivity index (χ2v) is 5.07. The lowest BCUT2D eigenvalue weighted by molar-refractivity contribution is 0.413. The van der Waals surface area contributed by atoms with Crippen molar-refractivity contribution in [2.24, 2.45) is 0 Å². The predicted octanol–water partition coefficient (Wildman–Crippen LogP) is 1.36. The second-order valence-electron chi connectivity index (χ2n) is 3.38. The van der Waals surface area contributed by atoms with Gasteiger partial charge in [-0.25, -0.2) is 12.8 Å². The van der Waals surface area contributed by atoms with E-state index in [1.54, 1.807) is 0 Å². The molecule has 96 valence electrons. The van der Waals surface area contributed by atoms with E-state index in [4.69, 9.17) is 4.74 Å². The lowest BCUT2D eigenvalue weighted by Crippen LogP contribution is -2.13. The van der Waals surface area contributed by atoms with E-state index in [9.17, 15) is 12.8 Å². The Morgan fingerprint density at radius 1 is 1.44 bits per heavy atom. The Morgan fingerprint density at radius 2 is 2.22 bits per heavy atom. The summed E-state index contributed by atoms with van der Waals surface area (Å²) in [5.74, 6) is -0.417. The summed E-state index contributed by atoms with van der Waals surface area (Å²) in [6.45, 7) is 0. The van der Waals surface area contributed by atoms with Crippen LogP contribution in [0.2, 0.25) is 0 Å². The first kappa shape index (κ1) is 12.4. The number of hydrogen-bond donors (Lipinski definition) is 2. The van der Waals surface area contributed by atoms with Gasteiger partial charge in [0.2, 0.25) is 0 Å². The van der Waals surface area contributed by atoms with Crippen LogP contribution in [0.25, 0.3) is 0 Å². The highest BCUT2D eigenvalue weighted by Gasteiger charge is 2.17. The highest BCUT2D eigenvalue weighted by Crippen LogP contribution is 2.27. The summed E-state index contributed by atoms with van der Waals surface area (Å²) in [6, 6.07) is 3.51. The molecular weight excluding hydrogens is 261 g/mol. The van der Waals surface area contributed by atoms with Crippen molar-refractivity contribution in [3.05, 3.63) is 36.4 Å². The monoisotopic (exact) mass is 271 g/mol. The SMILES string of the molecule is COc1cc(F)ccc1NS(=O)(=O)c1cn[nH]c1. The summed E-state index contributed by atoms with van der Waals surface area (Å²) >= 11 is 0. The summed E-state index contributed by atoms with van der Waals surface area (Å²) < 4.78 is 43.9. The number of H-pyrrole nitrogens is 1. The number of sulfonamides is 1. The number of methoxy groups -OCH3 is 1. The van der Waals surface area contributed by atoms with Gasteiger partial charge in [-0.05, 0) is 12.1 Å². The van der Waals surface area contributed by atoms with E-state index in [0.29, 0.717) is 0 Å². The fourth-order valence-corrected chi connectivity index (χ4v) is 2.31. The standard InChI is InChI=1S/C10H10FN3O3S/c1-17-10-4-7(11)2-3-9(10)14-18(15,16)8-5-12-13-6-8/h2-6,14H,1H3,(H,12,13). The van der Waals surface area contributed by atoms with Crippen molar-refractivity contribution in [1.82, 2.24) is 10.2 Å². The van der Waals surface area contributed by atoms with E-state index in [2.05, 4.69) is 14.9 Å². The molecule has 0 aliphatic rings. The summed E-state index contributed by atoms with van der Waals surface area (Å²) in [5, 5.41) is 5.95. The van der Waals surface area contributed by atoms with Gasteiger partial charge in [-0.2, -0.15) is 5.10 Å². The zero-order chi connectivity index (χ0) is 13.2. The molecule has 0 saturated carbocycles.